The molecule has 1 aromatic carbocycles. The third-order valence-electron chi connectivity index (χ3n) is 7.92. The van der Waals surface area contributed by atoms with Gasteiger partial charge in [-0.05, 0) is 75.7 Å². The molecule has 0 aliphatic carbocycles. The van der Waals surface area contributed by atoms with Gasteiger partial charge in [0.1, 0.15) is 23.7 Å². The number of fused-ring (bicyclic) bond motifs is 1. The molecule has 2 aliphatic heterocycles. The van der Waals surface area contributed by atoms with Crippen molar-refractivity contribution in [1.82, 2.24) is 24.4 Å². The molecule has 0 saturated carbocycles. The molecule has 4 aromatic rings. The second-order valence-electron chi connectivity index (χ2n) is 10.7. The highest BCUT2D eigenvalue weighted by molar-refractivity contribution is 6.30. The molecule has 0 spiro atoms. The summed E-state index contributed by atoms with van der Waals surface area (Å²) in [7, 11) is 0. The summed E-state index contributed by atoms with van der Waals surface area (Å²) in [6, 6.07) is 10.9. The number of ether oxygens (including phenoxy) is 2. The smallest absolute Gasteiger partial charge is 0.335 e. The van der Waals surface area contributed by atoms with E-state index in [4.69, 9.17) is 31.0 Å². The van der Waals surface area contributed by atoms with Gasteiger partial charge in [0.05, 0.1) is 52.2 Å². The largest absolute Gasteiger partial charge is 0.485 e. The Balaban J connectivity index is 1.19. The van der Waals surface area contributed by atoms with Crippen molar-refractivity contribution in [2.75, 3.05) is 19.7 Å². The summed E-state index contributed by atoms with van der Waals surface area (Å²) in [6.45, 7) is 5.90. The van der Waals surface area contributed by atoms with Crippen LogP contribution in [-0.2, 0) is 24.4 Å². The van der Waals surface area contributed by atoms with Gasteiger partial charge in [0.2, 0.25) is 0 Å². The van der Waals surface area contributed by atoms with Crippen LogP contribution in [0.5, 0.6) is 5.75 Å². The molecule has 6 rings (SSSR count). The number of carbonyl (C=O) groups is 1. The number of nitrogens with zero attached hydrogens (tertiary/aromatic N) is 5. The van der Waals surface area contributed by atoms with Crippen LogP contribution >= 0.6 is 11.6 Å². The Hall–Kier alpha value is -3.97. The van der Waals surface area contributed by atoms with Crippen LogP contribution in [0.1, 0.15) is 65.2 Å². The van der Waals surface area contributed by atoms with E-state index < -0.39 is 5.97 Å². The fourth-order valence-corrected chi connectivity index (χ4v) is 5.73. The van der Waals surface area contributed by atoms with Crippen molar-refractivity contribution in [2.24, 2.45) is 0 Å². The molecule has 3 aromatic heterocycles. The number of aromatic carboxylic acids is 1. The number of imidazole rings is 1. The van der Waals surface area contributed by atoms with Crippen LogP contribution in [0.25, 0.3) is 11.0 Å². The van der Waals surface area contributed by atoms with Crippen LogP contribution in [0.3, 0.4) is 0 Å². The number of piperidine rings is 1. The Bertz CT molecular complexity index is 1650. The Labute approximate surface area is 249 Å². The summed E-state index contributed by atoms with van der Waals surface area (Å²) in [6.07, 6.45) is 6.40. The lowest BCUT2D eigenvalue weighted by Gasteiger charge is -2.32. The van der Waals surface area contributed by atoms with Crippen LogP contribution < -0.4 is 4.74 Å². The maximum absolute atomic E-state index is 11.9. The molecule has 0 radical (unpaired) electrons. The molecule has 2 fully saturated rings. The van der Waals surface area contributed by atoms with Crippen molar-refractivity contribution in [2.45, 2.75) is 57.9 Å². The number of pyridine rings is 2. The van der Waals surface area contributed by atoms with Crippen LogP contribution in [0, 0.1) is 11.8 Å². The summed E-state index contributed by atoms with van der Waals surface area (Å²) >= 11 is 5.96. The zero-order valence-electron chi connectivity index (χ0n) is 23.4. The van der Waals surface area contributed by atoms with Gasteiger partial charge in [-0.1, -0.05) is 17.5 Å². The third-order valence-corrected chi connectivity index (χ3v) is 8.15. The normalized spacial score (nSPS) is 17.4. The molecule has 5 heterocycles. The van der Waals surface area contributed by atoms with E-state index in [1.807, 2.05) is 30.5 Å². The minimum atomic E-state index is -0.977. The van der Waals surface area contributed by atoms with Crippen molar-refractivity contribution in [3.8, 4) is 17.6 Å². The van der Waals surface area contributed by atoms with Gasteiger partial charge in [-0.2, -0.15) is 0 Å². The zero-order chi connectivity index (χ0) is 29.1. The predicted octanol–water partition coefficient (Wildman–Crippen LogP) is 5.30. The number of rotatable bonds is 9. The van der Waals surface area contributed by atoms with Crippen molar-refractivity contribution >= 4 is 28.6 Å². The quantitative estimate of drug-likeness (QED) is 0.264. The molecule has 2 aliphatic rings. The number of benzene rings is 1. The Kier molecular flexibility index (Phi) is 8.38. The van der Waals surface area contributed by atoms with Crippen LogP contribution in [0.2, 0.25) is 5.02 Å². The van der Waals surface area contributed by atoms with Gasteiger partial charge in [0.15, 0.2) is 0 Å². The summed E-state index contributed by atoms with van der Waals surface area (Å²) in [4.78, 5) is 28.3. The minimum absolute atomic E-state index is 0.103. The molecule has 0 unspecified atom stereocenters. The molecule has 1 N–H and O–H groups in total. The number of carboxylic acid groups (broad SMARTS) is 1. The molecule has 0 bridgehead atoms. The zero-order valence-corrected chi connectivity index (χ0v) is 24.2. The average molecular weight is 586 g/mol. The highest BCUT2D eigenvalue weighted by atomic mass is 35.5. The van der Waals surface area contributed by atoms with Gasteiger partial charge in [0, 0.05) is 24.9 Å². The SMILES string of the molecule is CC#Cc1cc(C(=O)O)cc2c1nc(CN1CCC(c3ncccc3OCc3ccc(Cl)cn3)CC1)n2C[C@@H]1CCO1. The first-order chi connectivity index (χ1) is 20.5. The van der Waals surface area contributed by atoms with E-state index in [9.17, 15) is 9.90 Å². The van der Waals surface area contributed by atoms with E-state index >= 15 is 0 Å². The van der Waals surface area contributed by atoms with E-state index in [0.717, 1.165) is 73.0 Å². The Morgan fingerprint density at radius 3 is 2.71 bits per heavy atom. The third kappa shape index (κ3) is 6.12. The summed E-state index contributed by atoms with van der Waals surface area (Å²) < 4.78 is 14.0. The highest BCUT2D eigenvalue weighted by Crippen LogP contribution is 2.34. The van der Waals surface area contributed by atoms with E-state index in [0.29, 0.717) is 30.3 Å². The van der Waals surface area contributed by atoms with Crippen LogP contribution in [0.15, 0.2) is 48.8 Å². The molecule has 1 atom stereocenters. The highest BCUT2D eigenvalue weighted by Gasteiger charge is 2.28. The summed E-state index contributed by atoms with van der Waals surface area (Å²) in [5, 5.41) is 10.3. The fourth-order valence-electron chi connectivity index (χ4n) is 5.62. The average Bonchev–Trinajstić information content (AvgIpc) is 3.32. The predicted molar refractivity (Wildman–Crippen MR) is 159 cm³/mol. The lowest BCUT2D eigenvalue weighted by atomic mass is 9.92. The molecular weight excluding hydrogens is 554 g/mol. The van der Waals surface area contributed by atoms with Gasteiger partial charge < -0.3 is 19.1 Å². The Morgan fingerprint density at radius 1 is 1.19 bits per heavy atom. The maximum Gasteiger partial charge on any atom is 0.335 e. The summed E-state index contributed by atoms with van der Waals surface area (Å²) in [5.41, 5.74) is 4.16. The van der Waals surface area contributed by atoms with Gasteiger partial charge in [-0.25, -0.2) is 9.78 Å². The van der Waals surface area contributed by atoms with Crippen molar-refractivity contribution < 1.29 is 19.4 Å². The molecular formula is C32H32ClN5O4. The first kappa shape index (κ1) is 28.2. The van der Waals surface area contributed by atoms with E-state index in [2.05, 4.69) is 26.3 Å². The molecule has 2 saturated heterocycles. The van der Waals surface area contributed by atoms with Gasteiger partial charge in [-0.15, -0.1) is 5.92 Å². The van der Waals surface area contributed by atoms with Gasteiger partial charge >= 0.3 is 5.97 Å². The molecule has 216 valence electrons. The first-order valence-electron chi connectivity index (χ1n) is 14.2. The van der Waals surface area contributed by atoms with Crippen molar-refractivity contribution in [3.63, 3.8) is 0 Å². The van der Waals surface area contributed by atoms with Crippen molar-refractivity contribution in [1.29, 1.82) is 0 Å². The molecule has 9 nitrogen and oxygen atoms in total. The first-order valence-corrected chi connectivity index (χ1v) is 14.6. The van der Waals surface area contributed by atoms with E-state index in [1.165, 1.54) is 0 Å². The fraction of sp³-hybridized carbons (Fsp3) is 0.375. The van der Waals surface area contributed by atoms with Crippen LogP contribution in [-0.4, -0.2) is 61.3 Å². The summed E-state index contributed by atoms with van der Waals surface area (Å²) in [5.74, 6) is 6.96. The van der Waals surface area contributed by atoms with E-state index in [1.54, 1.807) is 25.3 Å². The number of likely N-dealkylation sites (tertiary alicyclic amines) is 1. The second kappa shape index (κ2) is 12.5. The number of hydrogen-bond acceptors (Lipinski definition) is 7. The minimum Gasteiger partial charge on any atom is -0.485 e. The second-order valence-corrected chi connectivity index (χ2v) is 11.1. The van der Waals surface area contributed by atoms with E-state index in [-0.39, 0.29) is 17.6 Å². The number of carboxylic acids is 1. The monoisotopic (exact) mass is 585 g/mol. The Morgan fingerprint density at radius 2 is 2.02 bits per heavy atom. The molecule has 42 heavy (non-hydrogen) atoms. The lowest BCUT2D eigenvalue weighted by molar-refractivity contribution is -0.0592. The van der Waals surface area contributed by atoms with Crippen LogP contribution in [0.4, 0.5) is 0 Å². The number of aromatic nitrogens is 4. The number of hydrogen-bond donors (Lipinski definition) is 1. The van der Waals surface area contributed by atoms with Crippen molar-refractivity contribution in [3.05, 3.63) is 82.2 Å². The number of halogens is 1. The maximum atomic E-state index is 11.9. The van der Waals surface area contributed by atoms with Gasteiger partial charge in [-0.3, -0.25) is 14.9 Å². The molecule has 10 heteroatoms. The van der Waals surface area contributed by atoms with Gasteiger partial charge in [0.25, 0.3) is 0 Å². The topological polar surface area (TPSA) is 103 Å². The molecule has 0 amide bonds. The standard InChI is InChI=1S/C32H32ClN5O4/c1-2-4-22-15-23(32(39)40)16-27-30(22)36-29(38(27)18-26-10-14-41-26)19-37-12-8-21(9-13-37)31-28(5-3-11-34-31)42-20-25-7-6-24(33)17-35-25/h3,5-7,11,15-17,21,26H,8-10,12-14,18-20H2,1H3,(H,39,40)/t26-/m0/s1. The lowest BCUT2D eigenvalue weighted by Crippen LogP contribution is -2.35.